The van der Waals surface area contributed by atoms with Gasteiger partial charge in [-0.05, 0) is 37.8 Å². The van der Waals surface area contributed by atoms with Gasteiger partial charge in [0.25, 0.3) is 0 Å². The van der Waals surface area contributed by atoms with E-state index in [9.17, 15) is 0 Å². The summed E-state index contributed by atoms with van der Waals surface area (Å²) in [6, 6.07) is 8.59. The van der Waals surface area contributed by atoms with Crippen molar-refractivity contribution in [1.82, 2.24) is 20.1 Å². The maximum Gasteiger partial charge on any atom is 0.198 e. The third-order valence-electron chi connectivity index (χ3n) is 5.03. The van der Waals surface area contributed by atoms with Gasteiger partial charge in [-0.3, -0.25) is 0 Å². The zero-order chi connectivity index (χ0) is 17.1. The van der Waals surface area contributed by atoms with E-state index in [0.29, 0.717) is 6.54 Å². The summed E-state index contributed by atoms with van der Waals surface area (Å²) in [5, 5.41) is 12.2. The van der Waals surface area contributed by atoms with Crippen molar-refractivity contribution in [2.75, 3.05) is 18.0 Å². The molecule has 2 aliphatic rings. The van der Waals surface area contributed by atoms with Gasteiger partial charge < -0.3 is 14.8 Å². The molecule has 2 aromatic rings. The second-order valence-electron chi connectivity index (χ2n) is 6.70. The van der Waals surface area contributed by atoms with E-state index in [4.69, 9.17) is 4.99 Å². The molecule has 26 heavy (non-hydrogen) atoms. The highest BCUT2D eigenvalue weighted by Gasteiger charge is 2.22. The Morgan fingerprint density at radius 3 is 2.88 bits per heavy atom. The Morgan fingerprint density at radius 1 is 1.12 bits per heavy atom. The zero-order valence-corrected chi connectivity index (χ0v) is 17.6. The molecule has 4 rings (SSSR count). The Kier molecular flexibility index (Phi) is 6.50. The van der Waals surface area contributed by atoms with Crippen LogP contribution in [-0.4, -0.2) is 33.8 Å². The largest absolute Gasteiger partial charge is 0.356 e. The highest BCUT2D eigenvalue weighted by molar-refractivity contribution is 14.0. The molecule has 0 spiro atoms. The SMILES string of the molecule is CCNC(=NCc1nnc2n1CCCCC2)N1CCc2ccccc21.I. The minimum atomic E-state index is 0. The molecular formula is C19H27IN6. The van der Waals surface area contributed by atoms with Gasteiger partial charge >= 0.3 is 0 Å². The van der Waals surface area contributed by atoms with Crippen LogP contribution in [0.3, 0.4) is 0 Å². The number of aryl methyl sites for hydroxylation is 1. The summed E-state index contributed by atoms with van der Waals surface area (Å²) in [5.41, 5.74) is 2.66. The summed E-state index contributed by atoms with van der Waals surface area (Å²) in [5.74, 6) is 3.05. The van der Waals surface area contributed by atoms with Crippen LogP contribution in [0, 0.1) is 0 Å². The molecule has 2 aliphatic heterocycles. The number of benzene rings is 1. The maximum absolute atomic E-state index is 4.88. The number of aliphatic imine (C=N–C) groups is 1. The molecule has 1 N–H and O–H groups in total. The van der Waals surface area contributed by atoms with E-state index >= 15 is 0 Å². The second kappa shape index (κ2) is 8.83. The van der Waals surface area contributed by atoms with E-state index in [1.54, 1.807) is 0 Å². The van der Waals surface area contributed by atoms with Gasteiger partial charge in [-0.2, -0.15) is 0 Å². The van der Waals surface area contributed by atoms with Crippen molar-refractivity contribution in [3.8, 4) is 0 Å². The van der Waals surface area contributed by atoms with Gasteiger partial charge in [-0.15, -0.1) is 34.2 Å². The maximum atomic E-state index is 4.88. The van der Waals surface area contributed by atoms with Crippen LogP contribution in [0.15, 0.2) is 29.3 Å². The van der Waals surface area contributed by atoms with Crippen LogP contribution in [0.25, 0.3) is 0 Å². The van der Waals surface area contributed by atoms with Crippen LogP contribution in [0.4, 0.5) is 5.69 Å². The number of fused-ring (bicyclic) bond motifs is 2. The summed E-state index contributed by atoms with van der Waals surface area (Å²) in [7, 11) is 0. The van der Waals surface area contributed by atoms with Crippen LogP contribution in [0.2, 0.25) is 0 Å². The van der Waals surface area contributed by atoms with E-state index in [1.165, 1.54) is 30.5 Å². The standard InChI is InChI=1S/C19H26N6.HI/c1-2-20-19(24-13-11-15-8-5-6-9-16(15)24)21-14-18-23-22-17-10-4-3-7-12-25(17)18;/h5-6,8-9H,2-4,7,10-14H2,1H3,(H,20,21);1H. The molecule has 0 aliphatic carbocycles. The molecule has 0 fully saturated rings. The van der Waals surface area contributed by atoms with E-state index in [1.807, 2.05) is 0 Å². The zero-order valence-electron chi connectivity index (χ0n) is 15.3. The van der Waals surface area contributed by atoms with Crippen LogP contribution in [0.1, 0.15) is 43.4 Å². The smallest absolute Gasteiger partial charge is 0.198 e. The number of nitrogens with one attached hydrogen (secondary N) is 1. The first-order valence-electron chi connectivity index (χ1n) is 9.41. The van der Waals surface area contributed by atoms with Gasteiger partial charge in [-0.25, -0.2) is 4.99 Å². The van der Waals surface area contributed by atoms with Gasteiger partial charge in [0.05, 0.1) is 0 Å². The second-order valence-corrected chi connectivity index (χ2v) is 6.70. The Balaban J connectivity index is 0.00000196. The fourth-order valence-electron chi connectivity index (χ4n) is 3.76. The summed E-state index contributed by atoms with van der Waals surface area (Å²) < 4.78 is 2.28. The summed E-state index contributed by atoms with van der Waals surface area (Å²) in [6.45, 7) is 5.55. The molecule has 0 saturated carbocycles. The Hall–Kier alpha value is -1.64. The first kappa shape index (κ1) is 19.1. The molecule has 7 heteroatoms. The van der Waals surface area contributed by atoms with Crippen molar-refractivity contribution in [3.05, 3.63) is 41.5 Å². The first-order chi connectivity index (χ1) is 12.4. The number of para-hydroxylation sites is 1. The molecule has 3 heterocycles. The Morgan fingerprint density at radius 2 is 2.00 bits per heavy atom. The number of hydrogen-bond donors (Lipinski definition) is 1. The number of halogens is 1. The quantitative estimate of drug-likeness (QED) is 0.429. The third-order valence-corrected chi connectivity index (χ3v) is 5.03. The lowest BCUT2D eigenvalue weighted by Crippen LogP contribution is -2.40. The molecule has 1 aromatic carbocycles. The van der Waals surface area contributed by atoms with Gasteiger partial charge in [0, 0.05) is 31.7 Å². The fourth-order valence-corrected chi connectivity index (χ4v) is 3.76. The first-order valence-corrected chi connectivity index (χ1v) is 9.41. The number of aromatic nitrogens is 3. The Labute approximate surface area is 172 Å². The van der Waals surface area contributed by atoms with Crippen LogP contribution in [0.5, 0.6) is 0 Å². The topological polar surface area (TPSA) is 58.3 Å². The van der Waals surface area contributed by atoms with Crippen molar-refractivity contribution in [3.63, 3.8) is 0 Å². The van der Waals surface area contributed by atoms with E-state index in [2.05, 4.69) is 56.2 Å². The summed E-state index contributed by atoms with van der Waals surface area (Å²) in [4.78, 5) is 7.17. The van der Waals surface area contributed by atoms with Crippen molar-refractivity contribution >= 4 is 35.6 Å². The fraction of sp³-hybridized carbons (Fsp3) is 0.526. The minimum Gasteiger partial charge on any atom is -0.356 e. The average molecular weight is 466 g/mol. The predicted molar refractivity (Wildman–Crippen MR) is 115 cm³/mol. The third kappa shape index (κ3) is 3.87. The lowest BCUT2D eigenvalue weighted by atomic mass is 10.2. The van der Waals surface area contributed by atoms with Crippen molar-refractivity contribution < 1.29 is 0 Å². The van der Waals surface area contributed by atoms with Crippen LogP contribution in [-0.2, 0) is 25.9 Å². The lowest BCUT2D eigenvalue weighted by Gasteiger charge is -2.22. The molecule has 1 aromatic heterocycles. The van der Waals surface area contributed by atoms with Crippen LogP contribution >= 0.6 is 24.0 Å². The molecule has 0 radical (unpaired) electrons. The normalized spacial score (nSPS) is 16.5. The highest BCUT2D eigenvalue weighted by atomic mass is 127. The molecule has 0 unspecified atom stereocenters. The number of guanidine groups is 1. The lowest BCUT2D eigenvalue weighted by molar-refractivity contribution is 0.606. The van der Waals surface area contributed by atoms with Gasteiger partial charge in [0.2, 0.25) is 0 Å². The van der Waals surface area contributed by atoms with Gasteiger partial charge in [0.1, 0.15) is 12.4 Å². The number of hydrogen-bond acceptors (Lipinski definition) is 3. The van der Waals surface area contributed by atoms with Gasteiger partial charge in [-0.1, -0.05) is 24.6 Å². The molecule has 0 saturated heterocycles. The predicted octanol–water partition coefficient (Wildman–Crippen LogP) is 3.15. The van der Waals surface area contributed by atoms with E-state index < -0.39 is 0 Å². The van der Waals surface area contributed by atoms with Crippen molar-refractivity contribution in [2.45, 2.75) is 52.1 Å². The molecule has 6 nitrogen and oxygen atoms in total. The summed E-state index contributed by atoms with van der Waals surface area (Å²) in [6.07, 6.45) is 5.81. The molecule has 0 amide bonds. The number of anilines is 1. The monoisotopic (exact) mass is 466 g/mol. The molecule has 0 atom stereocenters. The van der Waals surface area contributed by atoms with Crippen LogP contribution < -0.4 is 10.2 Å². The van der Waals surface area contributed by atoms with E-state index in [-0.39, 0.29) is 24.0 Å². The molecule has 0 bridgehead atoms. The number of rotatable bonds is 3. The average Bonchev–Trinajstić information content (AvgIpc) is 3.16. The minimum absolute atomic E-state index is 0. The van der Waals surface area contributed by atoms with Gasteiger partial charge in [0.15, 0.2) is 11.8 Å². The van der Waals surface area contributed by atoms with Crippen molar-refractivity contribution in [2.24, 2.45) is 4.99 Å². The highest BCUT2D eigenvalue weighted by Crippen LogP contribution is 2.27. The molecular weight excluding hydrogens is 439 g/mol. The number of nitrogens with zero attached hydrogens (tertiary/aromatic N) is 5. The summed E-state index contributed by atoms with van der Waals surface area (Å²) >= 11 is 0. The van der Waals surface area contributed by atoms with E-state index in [0.717, 1.165) is 50.1 Å². The van der Waals surface area contributed by atoms with Crippen molar-refractivity contribution in [1.29, 1.82) is 0 Å². The Bertz CT molecular complexity index is 769. The molecule has 140 valence electrons.